The fourth-order valence-electron chi connectivity index (χ4n) is 5.10. The lowest BCUT2D eigenvalue weighted by molar-refractivity contribution is -0.914. The number of hydrogen-bond donors (Lipinski definition) is 1. The molecule has 23 heavy (non-hydrogen) atoms. The SMILES string of the molecule is C[N+]1(CC[C@](CO)(c2ccccc2)C2CCCC2)CCCCC1. The van der Waals surface area contributed by atoms with Crippen molar-refractivity contribution in [2.45, 2.75) is 56.8 Å². The molecule has 0 amide bonds. The number of quaternary nitrogens is 1. The summed E-state index contributed by atoms with van der Waals surface area (Å²) in [5, 5.41) is 10.5. The van der Waals surface area contributed by atoms with Crippen molar-refractivity contribution >= 4 is 0 Å². The molecule has 2 nitrogen and oxygen atoms in total. The minimum atomic E-state index is -0.0174. The molecule has 2 fully saturated rings. The van der Waals surface area contributed by atoms with E-state index in [-0.39, 0.29) is 5.41 Å². The third-order valence-electron chi connectivity index (χ3n) is 6.76. The van der Waals surface area contributed by atoms with Gasteiger partial charge in [0.1, 0.15) is 0 Å². The Balaban J connectivity index is 1.82. The molecule has 1 aliphatic carbocycles. The van der Waals surface area contributed by atoms with Gasteiger partial charge in [-0.1, -0.05) is 43.2 Å². The first-order valence-electron chi connectivity index (χ1n) is 9.69. The molecule has 1 heterocycles. The van der Waals surface area contributed by atoms with Crippen LogP contribution < -0.4 is 0 Å². The quantitative estimate of drug-likeness (QED) is 0.783. The second-order valence-corrected chi connectivity index (χ2v) is 8.26. The third-order valence-corrected chi connectivity index (χ3v) is 6.76. The first-order chi connectivity index (χ1) is 11.2. The summed E-state index contributed by atoms with van der Waals surface area (Å²) in [6, 6.07) is 10.9. The van der Waals surface area contributed by atoms with Crippen LogP contribution in [0.5, 0.6) is 0 Å². The van der Waals surface area contributed by atoms with Gasteiger partial charge in [-0.15, -0.1) is 0 Å². The predicted molar refractivity (Wildman–Crippen MR) is 96.4 cm³/mol. The van der Waals surface area contributed by atoms with Gasteiger partial charge in [0.2, 0.25) is 0 Å². The van der Waals surface area contributed by atoms with Crippen molar-refractivity contribution in [3.63, 3.8) is 0 Å². The maximum atomic E-state index is 10.5. The summed E-state index contributed by atoms with van der Waals surface area (Å²) in [6.45, 7) is 4.16. The Morgan fingerprint density at radius 2 is 1.65 bits per heavy atom. The van der Waals surface area contributed by atoms with Crippen molar-refractivity contribution < 1.29 is 9.59 Å². The van der Waals surface area contributed by atoms with Gasteiger partial charge < -0.3 is 9.59 Å². The van der Waals surface area contributed by atoms with E-state index in [1.165, 1.54) is 74.6 Å². The fraction of sp³-hybridized carbons (Fsp3) is 0.714. The van der Waals surface area contributed by atoms with Crippen LogP contribution in [0.2, 0.25) is 0 Å². The molecule has 128 valence electrons. The number of aliphatic hydroxyl groups excluding tert-OH is 1. The number of benzene rings is 1. The van der Waals surface area contributed by atoms with E-state index in [4.69, 9.17) is 0 Å². The summed E-state index contributed by atoms with van der Waals surface area (Å²) < 4.78 is 1.21. The van der Waals surface area contributed by atoms with Crippen molar-refractivity contribution in [2.24, 2.45) is 5.92 Å². The number of nitrogens with zero attached hydrogens (tertiary/aromatic N) is 1. The third kappa shape index (κ3) is 3.64. The van der Waals surface area contributed by atoms with E-state index in [0.717, 1.165) is 6.42 Å². The molecule has 2 heteroatoms. The van der Waals surface area contributed by atoms with Crippen LogP contribution in [0.3, 0.4) is 0 Å². The number of likely N-dealkylation sites (tertiary alicyclic amines) is 1. The lowest BCUT2D eigenvalue weighted by Crippen LogP contribution is -2.51. The van der Waals surface area contributed by atoms with E-state index in [1.54, 1.807) is 0 Å². The van der Waals surface area contributed by atoms with Crippen LogP contribution in [0, 0.1) is 5.92 Å². The molecule has 3 rings (SSSR count). The lowest BCUT2D eigenvalue weighted by Gasteiger charge is -2.44. The van der Waals surface area contributed by atoms with Crippen LogP contribution in [0.15, 0.2) is 30.3 Å². The molecule has 0 unspecified atom stereocenters. The molecule has 0 radical (unpaired) electrons. The minimum Gasteiger partial charge on any atom is -0.395 e. The van der Waals surface area contributed by atoms with E-state index in [0.29, 0.717) is 12.5 Å². The second-order valence-electron chi connectivity index (χ2n) is 8.26. The topological polar surface area (TPSA) is 20.2 Å². The smallest absolute Gasteiger partial charge is 0.0794 e. The summed E-state index contributed by atoms with van der Waals surface area (Å²) in [4.78, 5) is 0. The maximum absolute atomic E-state index is 10.5. The molecule has 1 aliphatic heterocycles. The van der Waals surface area contributed by atoms with Gasteiger partial charge in [0.05, 0.1) is 33.3 Å². The first kappa shape index (κ1) is 17.0. The molecule has 1 atom stereocenters. The molecular formula is C21H34NO+. The van der Waals surface area contributed by atoms with Crippen molar-refractivity contribution in [1.82, 2.24) is 0 Å². The standard InChI is InChI=1S/C21H34NO/c1-22(15-8-3-9-16-22)17-14-21(18-23,20-12-6-7-13-20)19-10-4-2-5-11-19/h2,4-5,10-11,20,23H,3,6-9,12-18H2,1H3/q+1/t21-/m0/s1. The van der Waals surface area contributed by atoms with E-state index in [9.17, 15) is 5.11 Å². The van der Waals surface area contributed by atoms with E-state index in [1.807, 2.05) is 0 Å². The Hall–Kier alpha value is -0.860. The zero-order valence-electron chi connectivity index (χ0n) is 14.8. The van der Waals surface area contributed by atoms with Crippen molar-refractivity contribution in [3.05, 3.63) is 35.9 Å². The van der Waals surface area contributed by atoms with Gasteiger partial charge in [-0.05, 0) is 43.6 Å². The number of aliphatic hydroxyl groups is 1. The molecule has 1 aromatic rings. The molecule has 0 spiro atoms. The Bertz CT molecular complexity index is 474. The van der Waals surface area contributed by atoms with Gasteiger partial charge in [0.25, 0.3) is 0 Å². The Morgan fingerprint density at radius 1 is 1.00 bits per heavy atom. The molecule has 0 aromatic heterocycles. The average molecular weight is 317 g/mol. The highest BCUT2D eigenvalue weighted by molar-refractivity contribution is 5.27. The van der Waals surface area contributed by atoms with Crippen LogP contribution in [0.1, 0.15) is 56.9 Å². The number of rotatable bonds is 6. The Kier molecular flexibility index (Phi) is 5.43. The van der Waals surface area contributed by atoms with Gasteiger partial charge in [-0.2, -0.15) is 0 Å². The zero-order valence-corrected chi connectivity index (χ0v) is 14.8. The molecule has 0 bridgehead atoms. The van der Waals surface area contributed by atoms with Crippen molar-refractivity contribution in [1.29, 1.82) is 0 Å². The van der Waals surface area contributed by atoms with Crippen LogP contribution in [0.4, 0.5) is 0 Å². The zero-order chi connectivity index (χ0) is 16.2. The molecule has 1 saturated heterocycles. The maximum Gasteiger partial charge on any atom is 0.0794 e. The predicted octanol–water partition coefficient (Wildman–Crippen LogP) is 4.13. The van der Waals surface area contributed by atoms with Gasteiger partial charge in [0.15, 0.2) is 0 Å². The summed E-state index contributed by atoms with van der Waals surface area (Å²) in [5.74, 6) is 0.659. The van der Waals surface area contributed by atoms with Crippen molar-refractivity contribution in [3.8, 4) is 0 Å². The van der Waals surface area contributed by atoms with Gasteiger partial charge in [-0.3, -0.25) is 0 Å². The summed E-state index contributed by atoms with van der Waals surface area (Å²) in [6.07, 6.45) is 10.5. The first-order valence-corrected chi connectivity index (χ1v) is 9.69. The monoisotopic (exact) mass is 316 g/mol. The molecule has 1 N–H and O–H groups in total. The molecule has 2 aliphatic rings. The summed E-state index contributed by atoms with van der Waals surface area (Å²) in [7, 11) is 2.43. The van der Waals surface area contributed by atoms with Gasteiger partial charge in [0, 0.05) is 11.8 Å². The summed E-state index contributed by atoms with van der Waals surface area (Å²) >= 11 is 0. The second kappa shape index (κ2) is 7.36. The van der Waals surface area contributed by atoms with E-state index in [2.05, 4.69) is 37.4 Å². The highest BCUT2D eigenvalue weighted by atomic mass is 16.3. The Labute approximate surface area is 142 Å². The Morgan fingerprint density at radius 3 is 2.26 bits per heavy atom. The van der Waals surface area contributed by atoms with Crippen LogP contribution >= 0.6 is 0 Å². The average Bonchev–Trinajstić information content (AvgIpc) is 3.13. The van der Waals surface area contributed by atoms with Gasteiger partial charge >= 0.3 is 0 Å². The highest BCUT2D eigenvalue weighted by Crippen LogP contribution is 2.45. The highest BCUT2D eigenvalue weighted by Gasteiger charge is 2.42. The summed E-state index contributed by atoms with van der Waals surface area (Å²) in [5.41, 5.74) is 1.36. The van der Waals surface area contributed by atoms with Crippen LogP contribution in [-0.4, -0.2) is 42.9 Å². The van der Waals surface area contributed by atoms with E-state index < -0.39 is 0 Å². The minimum absolute atomic E-state index is 0.0174. The van der Waals surface area contributed by atoms with Crippen molar-refractivity contribution in [2.75, 3.05) is 33.3 Å². The van der Waals surface area contributed by atoms with Crippen LogP contribution in [0.25, 0.3) is 0 Å². The largest absolute Gasteiger partial charge is 0.395 e. The number of piperidine rings is 1. The molecule has 1 aromatic carbocycles. The number of hydrogen-bond acceptors (Lipinski definition) is 1. The molecule has 1 saturated carbocycles. The molecular weight excluding hydrogens is 282 g/mol. The normalized spacial score (nSPS) is 24.4. The van der Waals surface area contributed by atoms with E-state index >= 15 is 0 Å². The fourth-order valence-corrected chi connectivity index (χ4v) is 5.10. The lowest BCUT2D eigenvalue weighted by atomic mass is 9.67. The van der Waals surface area contributed by atoms with Crippen LogP contribution in [-0.2, 0) is 5.41 Å². The van der Waals surface area contributed by atoms with Gasteiger partial charge in [-0.25, -0.2) is 0 Å².